The Bertz CT molecular complexity index is 849. The number of hydrogen-bond acceptors (Lipinski definition) is 3. The normalized spacial score (nSPS) is 11.8. The van der Waals surface area contributed by atoms with Gasteiger partial charge in [-0.3, -0.25) is 4.57 Å². The van der Waals surface area contributed by atoms with E-state index in [1.165, 1.54) is 30.0 Å². The van der Waals surface area contributed by atoms with Crippen LogP contribution in [-0.4, -0.2) is 28.2 Å². The second kappa shape index (κ2) is 12.8. The molecular formula is C21H27ClF2NO3PS. The van der Waals surface area contributed by atoms with E-state index < -0.39 is 7.60 Å². The Balaban J connectivity index is 1.67. The molecule has 2 rings (SSSR count). The van der Waals surface area contributed by atoms with Gasteiger partial charge in [0.1, 0.15) is 11.6 Å². The quantitative estimate of drug-likeness (QED) is 0.194. The highest BCUT2D eigenvalue weighted by Gasteiger charge is 2.12. The molecule has 0 aliphatic heterocycles. The van der Waals surface area contributed by atoms with E-state index in [1.807, 2.05) is 0 Å². The van der Waals surface area contributed by atoms with E-state index in [9.17, 15) is 13.3 Å². The summed E-state index contributed by atoms with van der Waals surface area (Å²) < 4.78 is 38.0. The fourth-order valence-electron chi connectivity index (χ4n) is 2.89. The summed E-state index contributed by atoms with van der Waals surface area (Å²) in [5.41, 5.74) is 1.74. The molecule has 0 fully saturated rings. The molecule has 0 aliphatic carbocycles. The maximum atomic E-state index is 14.4. The van der Waals surface area contributed by atoms with Crippen LogP contribution in [0.3, 0.4) is 0 Å². The Kier molecular flexibility index (Phi) is 10.8. The molecular weight excluding hydrogens is 451 g/mol. The van der Waals surface area contributed by atoms with Crippen LogP contribution in [0.2, 0.25) is 5.02 Å². The Morgan fingerprint density at radius 1 is 1.03 bits per heavy atom. The maximum absolute atomic E-state index is 14.4. The Labute approximate surface area is 185 Å². The van der Waals surface area contributed by atoms with Crippen molar-refractivity contribution in [1.82, 2.24) is 5.32 Å². The number of halogens is 3. The van der Waals surface area contributed by atoms with Crippen molar-refractivity contribution in [1.29, 1.82) is 0 Å². The highest BCUT2D eigenvalue weighted by atomic mass is 35.5. The monoisotopic (exact) mass is 477 g/mol. The molecule has 3 N–H and O–H groups in total. The van der Waals surface area contributed by atoms with Gasteiger partial charge in [-0.2, -0.15) is 0 Å². The fourth-order valence-corrected chi connectivity index (χ4v) is 4.72. The van der Waals surface area contributed by atoms with Crippen molar-refractivity contribution in [2.45, 2.75) is 43.5 Å². The summed E-state index contributed by atoms with van der Waals surface area (Å²) >= 11 is 7.69. The van der Waals surface area contributed by atoms with Crippen LogP contribution in [0, 0.1) is 11.6 Å². The van der Waals surface area contributed by atoms with E-state index in [-0.39, 0.29) is 17.8 Å². The molecule has 30 heavy (non-hydrogen) atoms. The predicted octanol–water partition coefficient (Wildman–Crippen LogP) is 5.78. The zero-order valence-corrected chi connectivity index (χ0v) is 19.1. The summed E-state index contributed by atoms with van der Waals surface area (Å²) in [4.78, 5) is 18.2. The van der Waals surface area contributed by atoms with Crippen molar-refractivity contribution in [3.8, 4) is 0 Å². The maximum Gasteiger partial charge on any atom is 0.325 e. The van der Waals surface area contributed by atoms with Gasteiger partial charge in [-0.25, -0.2) is 8.78 Å². The fraction of sp³-hybridized carbons (Fsp3) is 0.429. The van der Waals surface area contributed by atoms with Crippen molar-refractivity contribution in [3.63, 3.8) is 0 Å². The third kappa shape index (κ3) is 9.90. The standard InChI is InChI=1S/C21H27ClF2NO3PS/c22-19-14-21(20(24)13-17(19)15-25-10-4-11-29(26,27)28)30-12-3-1-2-5-16-6-8-18(23)9-7-16/h6-9,13-14,25H,1-5,10-12,15H2,(H2,26,27,28). The van der Waals surface area contributed by atoms with E-state index in [4.69, 9.17) is 21.4 Å². The first-order valence-electron chi connectivity index (χ1n) is 9.85. The van der Waals surface area contributed by atoms with E-state index in [1.54, 1.807) is 18.2 Å². The van der Waals surface area contributed by atoms with Gasteiger partial charge in [-0.05, 0) is 73.4 Å². The molecule has 0 saturated heterocycles. The van der Waals surface area contributed by atoms with Crippen LogP contribution < -0.4 is 5.32 Å². The topological polar surface area (TPSA) is 69.6 Å². The number of thioether (sulfide) groups is 1. The second-order valence-corrected chi connectivity index (χ2v) is 10.4. The van der Waals surface area contributed by atoms with Crippen molar-refractivity contribution in [2.24, 2.45) is 0 Å². The van der Waals surface area contributed by atoms with E-state index in [0.717, 1.165) is 37.0 Å². The summed E-state index contributed by atoms with van der Waals surface area (Å²) in [5.74, 6) is 0.247. The Morgan fingerprint density at radius 3 is 2.47 bits per heavy atom. The molecule has 0 aliphatic rings. The molecule has 4 nitrogen and oxygen atoms in total. The van der Waals surface area contributed by atoms with Crippen LogP contribution in [-0.2, 0) is 17.5 Å². The molecule has 2 aromatic carbocycles. The molecule has 0 unspecified atom stereocenters. The van der Waals surface area contributed by atoms with Crippen molar-refractivity contribution in [2.75, 3.05) is 18.5 Å². The van der Waals surface area contributed by atoms with E-state index >= 15 is 0 Å². The summed E-state index contributed by atoms with van der Waals surface area (Å²) in [7, 11) is -3.98. The Hall–Kier alpha value is -0.950. The largest absolute Gasteiger partial charge is 0.325 e. The van der Waals surface area contributed by atoms with Gasteiger partial charge in [-0.15, -0.1) is 11.8 Å². The lowest BCUT2D eigenvalue weighted by atomic mass is 10.1. The summed E-state index contributed by atoms with van der Waals surface area (Å²) in [6.07, 6.45) is 4.02. The number of hydrogen-bond donors (Lipinski definition) is 3. The van der Waals surface area contributed by atoms with Gasteiger partial charge in [0, 0.05) is 16.5 Å². The van der Waals surface area contributed by atoms with Gasteiger partial charge in [0.25, 0.3) is 0 Å². The van der Waals surface area contributed by atoms with Gasteiger partial charge in [-0.1, -0.05) is 30.2 Å². The van der Waals surface area contributed by atoms with Crippen LogP contribution in [0.15, 0.2) is 41.3 Å². The predicted molar refractivity (Wildman–Crippen MR) is 119 cm³/mol. The van der Waals surface area contributed by atoms with Gasteiger partial charge >= 0.3 is 7.60 Å². The van der Waals surface area contributed by atoms with Crippen molar-refractivity contribution in [3.05, 3.63) is 64.2 Å². The Morgan fingerprint density at radius 2 is 1.77 bits per heavy atom. The molecule has 0 amide bonds. The summed E-state index contributed by atoms with van der Waals surface area (Å²) in [5, 5.41) is 3.49. The summed E-state index contributed by atoms with van der Waals surface area (Å²) in [6, 6.07) is 9.59. The first-order chi connectivity index (χ1) is 14.2. The van der Waals surface area contributed by atoms with Crippen molar-refractivity contribution < 1.29 is 23.1 Å². The van der Waals surface area contributed by atoms with Gasteiger partial charge < -0.3 is 15.1 Å². The number of aryl methyl sites for hydroxylation is 1. The highest BCUT2D eigenvalue weighted by molar-refractivity contribution is 7.99. The van der Waals surface area contributed by atoms with Gasteiger partial charge in [0.15, 0.2) is 0 Å². The third-order valence-corrected chi connectivity index (χ3v) is 6.87. The lowest BCUT2D eigenvalue weighted by molar-refractivity contribution is 0.371. The zero-order valence-electron chi connectivity index (χ0n) is 16.6. The van der Waals surface area contributed by atoms with Crippen LogP contribution in [0.1, 0.15) is 36.8 Å². The lowest BCUT2D eigenvalue weighted by Crippen LogP contribution is -2.16. The second-order valence-electron chi connectivity index (χ2n) is 7.08. The number of unbranched alkanes of at least 4 members (excludes halogenated alkanes) is 2. The van der Waals surface area contributed by atoms with Crippen LogP contribution in [0.5, 0.6) is 0 Å². The molecule has 9 heteroatoms. The molecule has 0 bridgehead atoms. The smallest absolute Gasteiger partial charge is 0.324 e. The van der Waals surface area contributed by atoms with Crippen LogP contribution in [0.4, 0.5) is 8.78 Å². The summed E-state index contributed by atoms with van der Waals surface area (Å²) in [6.45, 7) is 0.753. The molecule has 0 radical (unpaired) electrons. The molecule has 0 heterocycles. The number of nitrogens with one attached hydrogen (secondary N) is 1. The van der Waals surface area contributed by atoms with E-state index in [0.29, 0.717) is 35.0 Å². The minimum Gasteiger partial charge on any atom is -0.324 e. The molecule has 2 aromatic rings. The molecule has 0 spiro atoms. The number of rotatable bonds is 13. The first-order valence-corrected chi connectivity index (χ1v) is 13.0. The molecule has 166 valence electrons. The lowest BCUT2D eigenvalue weighted by Gasteiger charge is -2.10. The molecule has 0 atom stereocenters. The third-order valence-electron chi connectivity index (χ3n) is 4.50. The molecule has 0 aromatic heterocycles. The average Bonchev–Trinajstić information content (AvgIpc) is 2.68. The van der Waals surface area contributed by atoms with Crippen molar-refractivity contribution >= 4 is 31.0 Å². The minimum absolute atomic E-state index is 0.179. The minimum atomic E-state index is -3.98. The van der Waals surface area contributed by atoms with Crippen LogP contribution >= 0.6 is 31.0 Å². The van der Waals surface area contributed by atoms with Gasteiger partial charge in [0.05, 0.1) is 6.16 Å². The van der Waals surface area contributed by atoms with E-state index in [2.05, 4.69) is 5.32 Å². The molecule has 0 saturated carbocycles. The van der Waals surface area contributed by atoms with Crippen LogP contribution in [0.25, 0.3) is 0 Å². The highest BCUT2D eigenvalue weighted by Crippen LogP contribution is 2.34. The first kappa shape index (κ1) is 25.3. The number of benzene rings is 2. The zero-order chi connectivity index (χ0) is 22.0. The SMILES string of the molecule is O=P(O)(O)CCCNCc1cc(F)c(SCCCCCc2ccc(F)cc2)cc1Cl. The average molecular weight is 478 g/mol. The van der Waals surface area contributed by atoms with Gasteiger partial charge in [0.2, 0.25) is 0 Å².